The average Bonchev–Trinajstić information content (AvgIpc) is 3.04. The van der Waals surface area contributed by atoms with Crippen LogP contribution in [0.4, 0.5) is 0 Å². The zero-order valence-electron chi connectivity index (χ0n) is 12.7. The highest BCUT2D eigenvalue weighted by atomic mass is 16.5. The number of pyridine rings is 1. The standard InChI is InChI=1S/C16H17N3O3/c1-4-21-10(2)14-18-16(22-19-14)13-9-11-7-5-6-8-12(11)15(17-13)20-3/h5-10H,4H2,1-3H3/t10-/m0/s1. The van der Waals surface area contributed by atoms with Crippen LogP contribution in [0.5, 0.6) is 5.88 Å². The summed E-state index contributed by atoms with van der Waals surface area (Å²) >= 11 is 0. The Hall–Kier alpha value is -2.47. The highest BCUT2D eigenvalue weighted by Gasteiger charge is 2.17. The Morgan fingerprint density at radius 3 is 2.82 bits per heavy atom. The molecule has 0 aliphatic carbocycles. The molecule has 0 aliphatic rings. The molecule has 22 heavy (non-hydrogen) atoms. The fourth-order valence-corrected chi connectivity index (χ4v) is 2.26. The first kappa shape index (κ1) is 14.5. The Labute approximate surface area is 128 Å². The van der Waals surface area contributed by atoms with E-state index in [0.717, 1.165) is 10.8 Å². The van der Waals surface area contributed by atoms with Crippen LogP contribution in [0.15, 0.2) is 34.9 Å². The van der Waals surface area contributed by atoms with Crippen LogP contribution < -0.4 is 4.74 Å². The smallest absolute Gasteiger partial charge is 0.276 e. The fourth-order valence-electron chi connectivity index (χ4n) is 2.26. The molecule has 2 aromatic heterocycles. The van der Waals surface area contributed by atoms with E-state index in [9.17, 15) is 0 Å². The minimum absolute atomic E-state index is 0.218. The molecule has 0 fully saturated rings. The molecule has 1 aromatic carbocycles. The van der Waals surface area contributed by atoms with Crippen LogP contribution in [0.25, 0.3) is 22.4 Å². The third kappa shape index (κ3) is 2.65. The molecule has 0 saturated heterocycles. The molecule has 0 saturated carbocycles. The minimum atomic E-state index is -0.218. The third-order valence-electron chi connectivity index (χ3n) is 3.34. The summed E-state index contributed by atoms with van der Waals surface area (Å²) in [4.78, 5) is 8.81. The first-order chi connectivity index (χ1) is 10.7. The first-order valence-electron chi connectivity index (χ1n) is 7.12. The largest absolute Gasteiger partial charge is 0.481 e. The lowest BCUT2D eigenvalue weighted by atomic mass is 10.1. The number of rotatable bonds is 5. The maximum atomic E-state index is 5.46. The van der Waals surface area contributed by atoms with Crippen LogP contribution >= 0.6 is 0 Å². The molecule has 6 heteroatoms. The summed E-state index contributed by atoms with van der Waals surface area (Å²) in [5.41, 5.74) is 0.581. The maximum Gasteiger partial charge on any atom is 0.276 e. The van der Waals surface area contributed by atoms with E-state index in [1.807, 2.05) is 44.2 Å². The van der Waals surface area contributed by atoms with Gasteiger partial charge in [0.15, 0.2) is 0 Å². The highest BCUT2D eigenvalue weighted by molar-refractivity contribution is 5.89. The minimum Gasteiger partial charge on any atom is -0.481 e. The zero-order valence-corrected chi connectivity index (χ0v) is 12.7. The summed E-state index contributed by atoms with van der Waals surface area (Å²) in [5.74, 6) is 1.39. The van der Waals surface area contributed by atoms with E-state index >= 15 is 0 Å². The summed E-state index contributed by atoms with van der Waals surface area (Å²) in [7, 11) is 1.59. The number of hydrogen-bond donors (Lipinski definition) is 0. The molecule has 114 valence electrons. The van der Waals surface area contributed by atoms with Crippen LogP contribution in [-0.2, 0) is 4.74 Å². The topological polar surface area (TPSA) is 70.3 Å². The van der Waals surface area contributed by atoms with Crippen molar-refractivity contribution in [3.8, 4) is 17.5 Å². The van der Waals surface area contributed by atoms with Crippen molar-refractivity contribution in [1.29, 1.82) is 0 Å². The molecule has 1 atom stereocenters. The lowest BCUT2D eigenvalue weighted by Gasteiger charge is -2.06. The number of methoxy groups -OCH3 is 1. The molecule has 3 aromatic rings. The molecule has 0 bridgehead atoms. The van der Waals surface area contributed by atoms with Gasteiger partial charge >= 0.3 is 0 Å². The Bertz CT molecular complexity index is 785. The molecule has 0 spiro atoms. The van der Waals surface area contributed by atoms with E-state index in [0.29, 0.717) is 29.9 Å². The van der Waals surface area contributed by atoms with Crippen molar-refractivity contribution in [3.63, 3.8) is 0 Å². The average molecular weight is 299 g/mol. The molecule has 0 amide bonds. The van der Waals surface area contributed by atoms with Gasteiger partial charge in [-0.1, -0.05) is 23.4 Å². The van der Waals surface area contributed by atoms with Gasteiger partial charge < -0.3 is 14.0 Å². The van der Waals surface area contributed by atoms with Crippen molar-refractivity contribution in [2.75, 3.05) is 13.7 Å². The van der Waals surface area contributed by atoms with Gasteiger partial charge in [0.1, 0.15) is 11.8 Å². The number of nitrogens with zero attached hydrogens (tertiary/aromatic N) is 3. The van der Waals surface area contributed by atoms with Crippen LogP contribution in [0.1, 0.15) is 25.8 Å². The molecule has 6 nitrogen and oxygen atoms in total. The number of benzene rings is 1. The second-order valence-electron chi connectivity index (χ2n) is 4.79. The van der Waals surface area contributed by atoms with Crippen molar-refractivity contribution in [2.24, 2.45) is 0 Å². The maximum absolute atomic E-state index is 5.46. The predicted octanol–water partition coefficient (Wildman–Crippen LogP) is 3.39. The molecule has 0 unspecified atom stereocenters. The van der Waals surface area contributed by atoms with E-state index in [1.165, 1.54) is 0 Å². The Morgan fingerprint density at radius 2 is 2.05 bits per heavy atom. The van der Waals surface area contributed by atoms with Gasteiger partial charge in [-0.25, -0.2) is 4.98 Å². The molecule has 0 N–H and O–H groups in total. The summed E-state index contributed by atoms with van der Waals surface area (Å²) in [6.45, 7) is 4.40. The Morgan fingerprint density at radius 1 is 1.23 bits per heavy atom. The van der Waals surface area contributed by atoms with Crippen molar-refractivity contribution < 1.29 is 14.0 Å². The van der Waals surface area contributed by atoms with Crippen LogP contribution in [-0.4, -0.2) is 28.8 Å². The van der Waals surface area contributed by atoms with Gasteiger partial charge in [-0.3, -0.25) is 0 Å². The number of fused-ring (bicyclic) bond motifs is 1. The van der Waals surface area contributed by atoms with Gasteiger partial charge in [0.05, 0.1) is 7.11 Å². The lowest BCUT2D eigenvalue weighted by molar-refractivity contribution is 0.0683. The van der Waals surface area contributed by atoms with Gasteiger partial charge in [0.25, 0.3) is 5.89 Å². The number of aromatic nitrogens is 3. The fraction of sp³-hybridized carbons (Fsp3) is 0.312. The summed E-state index contributed by atoms with van der Waals surface area (Å²) in [6.07, 6.45) is -0.218. The molecule has 0 radical (unpaired) electrons. The van der Waals surface area contributed by atoms with Crippen molar-refractivity contribution >= 4 is 10.8 Å². The van der Waals surface area contributed by atoms with Gasteiger partial charge in [0, 0.05) is 12.0 Å². The van der Waals surface area contributed by atoms with Crippen LogP contribution in [0.3, 0.4) is 0 Å². The normalized spacial score (nSPS) is 12.5. The van der Waals surface area contributed by atoms with Crippen LogP contribution in [0.2, 0.25) is 0 Å². The van der Waals surface area contributed by atoms with Gasteiger partial charge in [-0.05, 0) is 31.4 Å². The van der Waals surface area contributed by atoms with Gasteiger partial charge in [-0.2, -0.15) is 4.98 Å². The van der Waals surface area contributed by atoms with E-state index in [1.54, 1.807) is 7.11 Å². The summed E-state index contributed by atoms with van der Waals surface area (Å²) in [5, 5.41) is 5.90. The molecular formula is C16H17N3O3. The first-order valence-corrected chi connectivity index (χ1v) is 7.12. The van der Waals surface area contributed by atoms with E-state index in [4.69, 9.17) is 14.0 Å². The molecular weight excluding hydrogens is 282 g/mol. The highest BCUT2D eigenvalue weighted by Crippen LogP contribution is 2.28. The van der Waals surface area contributed by atoms with E-state index in [-0.39, 0.29) is 6.10 Å². The van der Waals surface area contributed by atoms with Crippen molar-refractivity contribution in [1.82, 2.24) is 15.1 Å². The Balaban J connectivity index is 2.03. The second-order valence-corrected chi connectivity index (χ2v) is 4.79. The Kier molecular flexibility index (Phi) is 4.02. The monoisotopic (exact) mass is 299 g/mol. The SMILES string of the molecule is CCO[C@@H](C)c1noc(-c2cc3ccccc3c(OC)n2)n1. The second kappa shape index (κ2) is 6.11. The van der Waals surface area contributed by atoms with Gasteiger partial charge in [0.2, 0.25) is 11.7 Å². The number of hydrogen-bond acceptors (Lipinski definition) is 6. The molecule has 2 heterocycles. The van der Waals surface area contributed by atoms with Crippen molar-refractivity contribution in [2.45, 2.75) is 20.0 Å². The summed E-state index contributed by atoms with van der Waals surface area (Å²) < 4.78 is 16.1. The van der Waals surface area contributed by atoms with Crippen molar-refractivity contribution in [3.05, 3.63) is 36.2 Å². The predicted molar refractivity (Wildman–Crippen MR) is 81.6 cm³/mol. The number of ether oxygens (including phenoxy) is 2. The van der Waals surface area contributed by atoms with Crippen LogP contribution in [0, 0.1) is 0 Å². The summed E-state index contributed by atoms with van der Waals surface area (Å²) in [6, 6.07) is 9.76. The van der Waals surface area contributed by atoms with E-state index < -0.39 is 0 Å². The molecule has 0 aliphatic heterocycles. The molecule has 3 rings (SSSR count). The third-order valence-corrected chi connectivity index (χ3v) is 3.34. The quantitative estimate of drug-likeness (QED) is 0.719. The van der Waals surface area contributed by atoms with E-state index in [2.05, 4.69) is 15.1 Å². The zero-order chi connectivity index (χ0) is 15.5. The lowest BCUT2D eigenvalue weighted by Crippen LogP contribution is -2.01. The van der Waals surface area contributed by atoms with Gasteiger partial charge in [-0.15, -0.1) is 0 Å².